The molecule has 1 atom stereocenters. The van der Waals surface area contributed by atoms with Crippen LogP contribution in [0.15, 0.2) is 42.7 Å². The number of ether oxygens (including phenoxy) is 2. The van der Waals surface area contributed by atoms with Gasteiger partial charge < -0.3 is 14.4 Å². The third-order valence-corrected chi connectivity index (χ3v) is 7.51. The minimum absolute atomic E-state index is 0.0787. The van der Waals surface area contributed by atoms with Crippen molar-refractivity contribution in [3.8, 4) is 0 Å². The molecule has 41 heavy (non-hydrogen) atoms. The molecule has 13 heteroatoms. The van der Waals surface area contributed by atoms with Gasteiger partial charge in [-0.25, -0.2) is 19.0 Å². The number of anilines is 2. The molecule has 0 aliphatic carbocycles. The number of benzene rings is 2. The van der Waals surface area contributed by atoms with E-state index in [1.54, 1.807) is 17.3 Å². The number of nitrogens with zero attached hydrogens (tertiary/aromatic N) is 5. The molecular formula is C28H30F2N6O4S. The molecule has 3 heterocycles. The van der Waals surface area contributed by atoms with Crippen LogP contribution < -0.4 is 15.2 Å². The summed E-state index contributed by atoms with van der Waals surface area (Å²) in [5, 5.41) is 1.90. The Morgan fingerprint density at radius 3 is 2.61 bits per heavy atom. The van der Waals surface area contributed by atoms with E-state index in [2.05, 4.69) is 15.4 Å². The topological polar surface area (TPSA) is 100 Å². The molecule has 10 nitrogen and oxygen atoms in total. The Bertz CT molecular complexity index is 1440. The Kier molecular flexibility index (Phi) is 8.84. The number of halogens is 2. The second-order valence-electron chi connectivity index (χ2n) is 9.81. The van der Waals surface area contributed by atoms with Crippen molar-refractivity contribution in [1.82, 2.24) is 20.4 Å². The maximum absolute atomic E-state index is 15.3. The number of hydrazine groups is 1. The number of thiocarbonyl (C=S) groups is 1. The predicted molar refractivity (Wildman–Crippen MR) is 153 cm³/mol. The zero-order valence-corrected chi connectivity index (χ0v) is 23.3. The van der Waals surface area contributed by atoms with Crippen molar-refractivity contribution < 1.29 is 27.8 Å². The van der Waals surface area contributed by atoms with Gasteiger partial charge in [0.15, 0.2) is 16.7 Å². The van der Waals surface area contributed by atoms with Gasteiger partial charge in [-0.3, -0.25) is 24.7 Å². The van der Waals surface area contributed by atoms with Crippen molar-refractivity contribution >= 4 is 51.7 Å². The number of methoxy groups -OCH3 is 1. The number of carbonyl (C=O) groups is 2. The number of hydrogen-bond donors (Lipinski definition) is 1. The van der Waals surface area contributed by atoms with Gasteiger partial charge in [0.1, 0.15) is 11.8 Å². The lowest BCUT2D eigenvalue weighted by Crippen LogP contribution is -2.43. The number of nitrogens with one attached hydrogen (secondary N) is 1. The number of aryl methyl sites for hydroxylation is 1. The van der Waals surface area contributed by atoms with Crippen LogP contribution in [0.1, 0.15) is 24.8 Å². The van der Waals surface area contributed by atoms with Crippen LogP contribution in [0, 0.1) is 11.6 Å². The van der Waals surface area contributed by atoms with Crippen LogP contribution in [0.25, 0.3) is 11.0 Å². The summed E-state index contributed by atoms with van der Waals surface area (Å²) in [6.45, 7) is 1.23. The van der Waals surface area contributed by atoms with E-state index in [0.29, 0.717) is 30.9 Å². The van der Waals surface area contributed by atoms with Gasteiger partial charge in [0, 0.05) is 57.0 Å². The van der Waals surface area contributed by atoms with Gasteiger partial charge in [-0.2, -0.15) is 0 Å². The van der Waals surface area contributed by atoms with E-state index in [9.17, 15) is 9.59 Å². The molecule has 0 spiro atoms. The number of cyclic esters (lactones) is 1. The largest absolute Gasteiger partial charge is 0.490 e. The summed E-state index contributed by atoms with van der Waals surface area (Å²) >= 11 is 5.02. The summed E-state index contributed by atoms with van der Waals surface area (Å²) in [5.74, 6) is -1.71. The molecule has 0 bridgehead atoms. The van der Waals surface area contributed by atoms with Crippen LogP contribution in [0.4, 0.5) is 25.0 Å². The normalized spacial score (nSPS) is 17.5. The fourth-order valence-corrected chi connectivity index (χ4v) is 5.11. The van der Waals surface area contributed by atoms with Crippen molar-refractivity contribution in [2.75, 3.05) is 49.6 Å². The Morgan fingerprint density at radius 2 is 1.85 bits per heavy atom. The quantitative estimate of drug-likeness (QED) is 0.397. The lowest BCUT2D eigenvalue weighted by atomic mass is 10.1. The standard InChI is InChI=1S/C28H30F2N6O4S/c1-39-26(41)7-4-20-17-35(28(38)40-20)19-15-21(29)27(22(30)16-19)34-11-10-33-36(13-12-34)25(37)6-3-18-2-5-23-24(14-18)32-9-8-31-23/h2,5,8-9,14-16,20,33H,3-4,6-7,10-13,17H2,1H3/t20-/m0/s1. The van der Waals surface area contributed by atoms with Crippen LogP contribution in [0.5, 0.6) is 0 Å². The number of rotatable bonds is 8. The SMILES string of the molecule is COC(=S)CC[C@H]1CN(c2cc(F)c(N3CCNN(C(=O)CCc4ccc5nccnc5c4)CC3)c(F)c2)C(=O)O1. The van der Waals surface area contributed by atoms with Gasteiger partial charge >= 0.3 is 6.09 Å². The molecule has 216 valence electrons. The van der Waals surface area contributed by atoms with Crippen molar-refractivity contribution in [1.29, 1.82) is 0 Å². The third kappa shape index (κ3) is 6.68. The molecule has 0 saturated carbocycles. The van der Waals surface area contributed by atoms with E-state index in [4.69, 9.17) is 21.7 Å². The van der Waals surface area contributed by atoms with Gasteiger partial charge in [-0.05, 0) is 42.8 Å². The van der Waals surface area contributed by atoms with E-state index in [1.165, 1.54) is 17.0 Å². The number of carbonyl (C=O) groups excluding carboxylic acids is 2. The first kappa shape index (κ1) is 28.6. The molecular weight excluding hydrogens is 554 g/mol. The fourth-order valence-electron chi connectivity index (χ4n) is 4.99. The molecule has 2 fully saturated rings. The van der Waals surface area contributed by atoms with Crippen molar-refractivity contribution in [2.45, 2.75) is 31.8 Å². The highest BCUT2D eigenvalue weighted by Crippen LogP contribution is 2.32. The third-order valence-electron chi connectivity index (χ3n) is 7.14. The van der Waals surface area contributed by atoms with Gasteiger partial charge in [0.05, 0.1) is 36.9 Å². The second-order valence-corrected chi connectivity index (χ2v) is 10.3. The van der Waals surface area contributed by atoms with Crippen molar-refractivity contribution in [3.05, 3.63) is 59.9 Å². The Hall–Kier alpha value is -3.97. The molecule has 0 radical (unpaired) electrons. The van der Waals surface area contributed by atoms with E-state index in [1.807, 2.05) is 18.2 Å². The molecule has 5 rings (SSSR count). The molecule has 3 aromatic rings. The average Bonchev–Trinajstić information content (AvgIpc) is 3.18. The smallest absolute Gasteiger partial charge is 0.414 e. The fraction of sp³-hybridized carbons (Fsp3) is 0.393. The van der Waals surface area contributed by atoms with Crippen molar-refractivity contribution in [3.63, 3.8) is 0 Å². The first-order valence-electron chi connectivity index (χ1n) is 13.3. The molecule has 2 amide bonds. The maximum atomic E-state index is 15.3. The van der Waals surface area contributed by atoms with Crippen LogP contribution in [-0.4, -0.2) is 78.0 Å². The summed E-state index contributed by atoms with van der Waals surface area (Å²) in [5.41, 5.74) is 5.47. The number of amides is 2. The second kappa shape index (κ2) is 12.7. The minimum Gasteiger partial charge on any atom is -0.490 e. The molecule has 1 N–H and O–H groups in total. The highest BCUT2D eigenvalue weighted by molar-refractivity contribution is 7.80. The zero-order chi connectivity index (χ0) is 28.9. The van der Waals surface area contributed by atoms with E-state index < -0.39 is 23.8 Å². The Balaban J connectivity index is 1.18. The summed E-state index contributed by atoms with van der Waals surface area (Å²) in [6, 6.07) is 7.99. The number of aromatic nitrogens is 2. The van der Waals surface area contributed by atoms with Crippen molar-refractivity contribution in [2.24, 2.45) is 0 Å². The summed E-state index contributed by atoms with van der Waals surface area (Å²) in [7, 11) is 1.47. The van der Waals surface area contributed by atoms with Crippen LogP contribution in [-0.2, 0) is 20.7 Å². The molecule has 2 aliphatic rings. The molecule has 1 aromatic heterocycles. The zero-order valence-electron chi connectivity index (χ0n) is 22.5. The summed E-state index contributed by atoms with van der Waals surface area (Å²) < 4.78 is 40.9. The minimum atomic E-state index is -0.795. The lowest BCUT2D eigenvalue weighted by molar-refractivity contribution is -0.133. The van der Waals surface area contributed by atoms with Gasteiger partial charge in [0.25, 0.3) is 0 Å². The van der Waals surface area contributed by atoms with Gasteiger partial charge in [0.2, 0.25) is 5.91 Å². The van der Waals surface area contributed by atoms with E-state index >= 15 is 8.78 Å². The van der Waals surface area contributed by atoms with E-state index in [-0.39, 0.29) is 49.9 Å². The van der Waals surface area contributed by atoms with Gasteiger partial charge in [-0.1, -0.05) is 6.07 Å². The highest BCUT2D eigenvalue weighted by Gasteiger charge is 2.34. The molecule has 2 saturated heterocycles. The Morgan fingerprint density at radius 1 is 1.10 bits per heavy atom. The first-order chi connectivity index (χ1) is 19.8. The molecule has 2 aliphatic heterocycles. The van der Waals surface area contributed by atoms with Crippen LogP contribution in [0.3, 0.4) is 0 Å². The van der Waals surface area contributed by atoms with Gasteiger partial charge in [-0.15, -0.1) is 0 Å². The number of hydrogen-bond acceptors (Lipinski definition) is 9. The first-order valence-corrected chi connectivity index (χ1v) is 13.8. The Labute approximate surface area is 241 Å². The van der Waals surface area contributed by atoms with E-state index in [0.717, 1.165) is 28.7 Å². The average molecular weight is 585 g/mol. The summed E-state index contributed by atoms with van der Waals surface area (Å²) in [6.07, 6.45) is 3.79. The number of fused-ring (bicyclic) bond motifs is 1. The monoisotopic (exact) mass is 584 g/mol. The lowest BCUT2D eigenvalue weighted by Gasteiger charge is -2.25. The summed E-state index contributed by atoms with van der Waals surface area (Å²) in [4.78, 5) is 36.6. The molecule has 2 aromatic carbocycles. The predicted octanol–water partition coefficient (Wildman–Crippen LogP) is 3.77. The molecule has 0 unspecified atom stereocenters. The van der Waals surface area contributed by atoms with Crippen LogP contribution >= 0.6 is 12.2 Å². The highest BCUT2D eigenvalue weighted by atomic mass is 32.1. The van der Waals surface area contributed by atoms with Crippen LogP contribution in [0.2, 0.25) is 0 Å². The maximum Gasteiger partial charge on any atom is 0.414 e.